The van der Waals surface area contributed by atoms with Crippen LogP contribution in [0.3, 0.4) is 0 Å². The van der Waals surface area contributed by atoms with E-state index in [-0.39, 0.29) is 28.6 Å². The standard InChI is InChI=1S/C20H16F2N2O4/c1-12(2)27-18-13(6-5-7-15(18)28-20(21)22)9-10-14-17(19(25)26)24-11-4-3-8-16(24)23-14/h3-11,20H,1H2,2H3,(H,25,26)/b10-9+. The molecule has 0 unspecified atom stereocenters. The fraction of sp³-hybridized carbons (Fsp3) is 0.100. The normalized spacial score (nSPS) is 11.3. The maximum absolute atomic E-state index is 12.7. The highest BCUT2D eigenvalue weighted by molar-refractivity contribution is 5.92. The van der Waals surface area contributed by atoms with Gasteiger partial charge in [-0.1, -0.05) is 24.8 Å². The van der Waals surface area contributed by atoms with Gasteiger partial charge in [0, 0.05) is 11.8 Å². The van der Waals surface area contributed by atoms with Gasteiger partial charge in [-0.25, -0.2) is 9.78 Å². The number of nitrogens with zero attached hydrogens (tertiary/aromatic N) is 2. The van der Waals surface area contributed by atoms with Crippen LogP contribution in [-0.4, -0.2) is 27.1 Å². The van der Waals surface area contributed by atoms with Gasteiger partial charge >= 0.3 is 12.6 Å². The molecule has 1 N–H and O–H groups in total. The van der Waals surface area contributed by atoms with Crippen molar-refractivity contribution in [2.24, 2.45) is 0 Å². The lowest BCUT2D eigenvalue weighted by Crippen LogP contribution is -2.05. The monoisotopic (exact) mass is 386 g/mol. The third-order valence-electron chi connectivity index (χ3n) is 3.68. The molecule has 0 aliphatic rings. The third-order valence-corrected chi connectivity index (χ3v) is 3.68. The number of pyridine rings is 1. The number of aromatic carboxylic acids is 1. The number of para-hydroxylation sites is 1. The summed E-state index contributed by atoms with van der Waals surface area (Å²) in [6, 6.07) is 9.59. The lowest BCUT2D eigenvalue weighted by molar-refractivity contribution is -0.0511. The number of halogens is 2. The number of rotatable bonds is 7. The SMILES string of the molecule is C=C(C)Oc1c(/C=C/c2nc3ccccn3c2C(=O)O)cccc1OC(F)F. The number of aromatic nitrogens is 2. The van der Waals surface area contributed by atoms with Crippen molar-refractivity contribution in [3.05, 3.63) is 71.9 Å². The Morgan fingerprint density at radius 3 is 2.71 bits per heavy atom. The lowest BCUT2D eigenvalue weighted by Gasteiger charge is -2.14. The van der Waals surface area contributed by atoms with Gasteiger partial charge in [-0.15, -0.1) is 0 Å². The quantitative estimate of drug-likeness (QED) is 0.595. The minimum atomic E-state index is -3.02. The molecular formula is C20H16F2N2O4. The molecule has 2 aromatic heterocycles. The number of imidazole rings is 1. The van der Waals surface area contributed by atoms with E-state index in [0.29, 0.717) is 11.2 Å². The number of ether oxygens (including phenoxy) is 2. The van der Waals surface area contributed by atoms with Gasteiger partial charge in [0.15, 0.2) is 17.2 Å². The van der Waals surface area contributed by atoms with Gasteiger partial charge in [0.05, 0.1) is 11.5 Å². The Bertz CT molecular complexity index is 1070. The molecule has 2 heterocycles. The van der Waals surface area contributed by atoms with E-state index in [0.717, 1.165) is 0 Å². The largest absolute Gasteiger partial charge is 0.476 e. The number of hydrogen-bond acceptors (Lipinski definition) is 4. The topological polar surface area (TPSA) is 73.1 Å². The first-order valence-corrected chi connectivity index (χ1v) is 8.16. The van der Waals surface area contributed by atoms with Crippen molar-refractivity contribution in [2.75, 3.05) is 0 Å². The minimum Gasteiger partial charge on any atom is -0.476 e. The van der Waals surface area contributed by atoms with Gasteiger partial charge in [0.1, 0.15) is 5.65 Å². The van der Waals surface area contributed by atoms with Crippen molar-refractivity contribution in [3.63, 3.8) is 0 Å². The number of hydrogen-bond donors (Lipinski definition) is 1. The van der Waals surface area contributed by atoms with Crippen molar-refractivity contribution in [2.45, 2.75) is 13.5 Å². The molecule has 144 valence electrons. The number of carbonyl (C=O) groups is 1. The summed E-state index contributed by atoms with van der Waals surface area (Å²) >= 11 is 0. The van der Waals surface area contributed by atoms with Crippen LogP contribution in [0.25, 0.3) is 17.8 Å². The summed E-state index contributed by atoms with van der Waals surface area (Å²) in [5.41, 5.74) is 1.05. The molecule has 0 saturated carbocycles. The molecule has 3 rings (SSSR count). The lowest BCUT2D eigenvalue weighted by atomic mass is 10.1. The Hall–Kier alpha value is -3.68. The van der Waals surface area contributed by atoms with Crippen molar-refractivity contribution in [1.29, 1.82) is 0 Å². The number of allylic oxidation sites excluding steroid dienone is 1. The second kappa shape index (κ2) is 7.91. The van der Waals surface area contributed by atoms with Gasteiger partial charge in [-0.05, 0) is 37.3 Å². The van der Waals surface area contributed by atoms with Crippen molar-refractivity contribution >= 4 is 23.8 Å². The number of alkyl halides is 2. The molecule has 28 heavy (non-hydrogen) atoms. The highest BCUT2D eigenvalue weighted by atomic mass is 19.3. The smallest absolute Gasteiger partial charge is 0.387 e. The second-order valence-electron chi connectivity index (χ2n) is 5.77. The number of fused-ring (bicyclic) bond motifs is 1. The molecule has 6 nitrogen and oxygen atoms in total. The van der Waals surface area contributed by atoms with E-state index < -0.39 is 12.6 Å². The third kappa shape index (κ3) is 4.01. The first-order valence-electron chi connectivity index (χ1n) is 8.16. The van der Waals surface area contributed by atoms with Crippen LogP contribution in [0.1, 0.15) is 28.7 Å². The summed E-state index contributed by atoms with van der Waals surface area (Å²) in [7, 11) is 0. The van der Waals surface area contributed by atoms with E-state index in [2.05, 4.69) is 16.3 Å². The van der Waals surface area contributed by atoms with Crippen LogP contribution in [0.2, 0.25) is 0 Å². The van der Waals surface area contributed by atoms with Gasteiger partial charge < -0.3 is 14.6 Å². The zero-order valence-electron chi connectivity index (χ0n) is 14.8. The molecule has 0 fully saturated rings. The maximum Gasteiger partial charge on any atom is 0.387 e. The molecule has 0 atom stereocenters. The summed E-state index contributed by atoms with van der Waals surface area (Å²) < 4.78 is 36.8. The van der Waals surface area contributed by atoms with Gasteiger partial charge in [-0.3, -0.25) is 4.40 Å². The average molecular weight is 386 g/mol. The average Bonchev–Trinajstić information content (AvgIpc) is 2.99. The fourth-order valence-electron chi connectivity index (χ4n) is 2.65. The van der Waals surface area contributed by atoms with E-state index in [1.807, 2.05) is 0 Å². The number of carboxylic acid groups (broad SMARTS) is 1. The molecule has 8 heteroatoms. The highest BCUT2D eigenvalue weighted by Gasteiger charge is 2.18. The van der Waals surface area contributed by atoms with Crippen LogP contribution in [0.5, 0.6) is 11.5 Å². The van der Waals surface area contributed by atoms with Gasteiger partial charge in [-0.2, -0.15) is 8.78 Å². The van der Waals surface area contributed by atoms with Crippen LogP contribution in [0, 0.1) is 0 Å². The molecule has 1 aromatic carbocycles. The Labute approximate surface area is 159 Å². The molecule has 3 aromatic rings. The maximum atomic E-state index is 12.7. The summed E-state index contributed by atoms with van der Waals surface area (Å²) in [6.07, 6.45) is 4.59. The molecule has 0 bridgehead atoms. The van der Waals surface area contributed by atoms with Gasteiger partial charge in [0.25, 0.3) is 0 Å². The van der Waals surface area contributed by atoms with Crippen LogP contribution in [0.4, 0.5) is 8.78 Å². The molecule has 0 radical (unpaired) electrons. The van der Waals surface area contributed by atoms with Crippen LogP contribution in [-0.2, 0) is 0 Å². The Morgan fingerprint density at radius 2 is 2.04 bits per heavy atom. The van der Waals surface area contributed by atoms with Crippen molar-refractivity contribution < 1.29 is 28.2 Å². The minimum absolute atomic E-state index is 0.0193. The van der Waals surface area contributed by atoms with E-state index in [1.54, 1.807) is 37.4 Å². The number of benzene rings is 1. The van der Waals surface area contributed by atoms with Crippen LogP contribution in [0.15, 0.2) is 54.9 Å². The Kier molecular flexibility index (Phi) is 5.39. The predicted molar refractivity (Wildman–Crippen MR) is 99.6 cm³/mol. The first-order chi connectivity index (χ1) is 13.4. The molecule has 0 amide bonds. The Morgan fingerprint density at radius 1 is 1.25 bits per heavy atom. The predicted octanol–water partition coefficient (Wildman–Crippen LogP) is 4.72. The summed E-state index contributed by atoms with van der Waals surface area (Å²) in [5.74, 6) is -0.980. The summed E-state index contributed by atoms with van der Waals surface area (Å²) in [6.45, 7) is 2.16. The molecule has 0 aliphatic carbocycles. The second-order valence-corrected chi connectivity index (χ2v) is 5.77. The highest BCUT2D eigenvalue weighted by Crippen LogP contribution is 2.35. The van der Waals surface area contributed by atoms with Crippen molar-refractivity contribution in [1.82, 2.24) is 9.38 Å². The van der Waals surface area contributed by atoms with Crippen molar-refractivity contribution in [3.8, 4) is 11.5 Å². The van der Waals surface area contributed by atoms with Crippen LogP contribution < -0.4 is 9.47 Å². The summed E-state index contributed by atoms with van der Waals surface area (Å²) in [4.78, 5) is 16.0. The van der Waals surface area contributed by atoms with Crippen LogP contribution >= 0.6 is 0 Å². The fourth-order valence-corrected chi connectivity index (χ4v) is 2.65. The van der Waals surface area contributed by atoms with E-state index in [9.17, 15) is 18.7 Å². The van der Waals surface area contributed by atoms with E-state index in [4.69, 9.17) is 4.74 Å². The van der Waals surface area contributed by atoms with E-state index in [1.165, 1.54) is 28.7 Å². The Balaban J connectivity index is 2.07. The zero-order chi connectivity index (χ0) is 20.3. The van der Waals surface area contributed by atoms with E-state index >= 15 is 0 Å². The molecule has 0 saturated heterocycles. The van der Waals surface area contributed by atoms with Gasteiger partial charge in [0.2, 0.25) is 0 Å². The molecule has 0 aliphatic heterocycles. The molecular weight excluding hydrogens is 370 g/mol. The summed E-state index contributed by atoms with van der Waals surface area (Å²) in [5, 5.41) is 9.53. The molecule has 0 spiro atoms. The first kappa shape index (κ1) is 19.1. The zero-order valence-corrected chi connectivity index (χ0v) is 14.8. The number of carboxylic acids is 1.